The summed E-state index contributed by atoms with van der Waals surface area (Å²) >= 11 is 0. The minimum Gasteiger partial charge on any atom is -0.497 e. The molecule has 1 aromatic carbocycles. The molecule has 0 saturated carbocycles. The van der Waals surface area contributed by atoms with Gasteiger partial charge in [0.1, 0.15) is 12.3 Å². The van der Waals surface area contributed by atoms with Crippen molar-refractivity contribution in [1.29, 1.82) is 0 Å². The van der Waals surface area contributed by atoms with Gasteiger partial charge in [0, 0.05) is 19.6 Å². The number of guanidine groups is 1. The predicted octanol–water partition coefficient (Wildman–Crippen LogP) is 1.91. The molecule has 0 saturated heterocycles. The van der Waals surface area contributed by atoms with Crippen molar-refractivity contribution in [2.75, 3.05) is 26.7 Å². The van der Waals surface area contributed by atoms with Crippen LogP contribution >= 0.6 is 0 Å². The van der Waals surface area contributed by atoms with Gasteiger partial charge in [0.25, 0.3) is 0 Å². The fourth-order valence-electron chi connectivity index (χ4n) is 1.97. The number of aliphatic imine (C=N–C) groups is 1. The van der Waals surface area contributed by atoms with Crippen LogP contribution in [-0.4, -0.2) is 38.6 Å². The van der Waals surface area contributed by atoms with Crippen molar-refractivity contribution in [1.82, 2.24) is 16.0 Å². The Bertz CT molecular complexity index is 512. The Balaban J connectivity index is 2.39. The van der Waals surface area contributed by atoms with E-state index >= 15 is 0 Å². The maximum atomic E-state index is 11.9. The van der Waals surface area contributed by atoms with Crippen LogP contribution in [0.4, 0.5) is 0 Å². The minimum atomic E-state index is -0.105. The van der Waals surface area contributed by atoms with Gasteiger partial charge in [-0.3, -0.25) is 4.79 Å². The highest BCUT2D eigenvalue weighted by molar-refractivity contribution is 5.84. The molecule has 1 amide bonds. The van der Waals surface area contributed by atoms with Crippen molar-refractivity contribution in [2.45, 2.75) is 33.7 Å². The lowest BCUT2D eigenvalue weighted by Crippen LogP contribution is -2.39. The maximum Gasteiger partial charge on any atom is 0.242 e. The number of carbonyl (C=O) groups excluding carboxylic acids is 1. The summed E-state index contributed by atoms with van der Waals surface area (Å²) in [6.07, 6.45) is 1.06. The zero-order valence-corrected chi connectivity index (χ0v) is 15.2. The lowest BCUT2D eigenvalue weighted by molar-refractivity contribution is -0.119. The van der Waals surface area contributed by atoms with E-state index < -0.39 is 0 Å². The smallest absolute Gasteiger partial charge is 0.242 e. The third-order valence-corrected chi connectivity index (χ3v) is 3.39. The SMILES string of the molecule is CCNC(=NCC(=O)NCc1ccc(OC)cc1)NCCC(C)C. The molecule has 134 valence electrons. The lowest BCUT2D eigenvalue weighted by Gasteiger charge is -2.12. The number of ether oxygens (including phenoxy) is 1. The molecule has 0 aromatic heterocycles. The van der Waals surface area contributed by atoms with Crippen LogP contribution in [0.3, 0.4) is 0 Å². The summed E-state index contributed by atoms with van der Waals surface area (Å²) in [6, 6.07) is 7.61. The van der Waals surface area contributed by atoms with Crippen LogP contribution in [-0.2, 0) is 11.3 Å². The van der Waals surface area contributed by atoms with Crippen LogP contribution in [0.5, 0.6) is 5.75 Å². The Labute approximate surface area is 145 Å². The highest BCUT2D eigenvalue weighted by Crippen LogP contribution is 2.10. The maximum absolute atomic E-state index is 11.9. The van der Waals surface area contributed by atoms with Crippen molar-refractivity contribution in [3.63, 3.8) is 0 Å². The molecule has 3 N–H and O–H groups in total. The van der Waals surface area contributed by atoms with Crippen molar-refractivity contribution >= 4 is 11.9 Å². The van der Waals surface area contributed by atoms with Crippen molar-refractivity contribution in [2.24, 2.45) is 10.9 Å². The molecular formula is C18H30N4O2. The topological polar surface area (TPSA) is 74.8 Å². The molecule has 0 aliphatic heterocycles. The molecule has 0 aliphatic rings. The Morgan fingerprint density at radius 2 is 1.88 bits per heavy atom. The molecular weight excluding hydrogens is 304 g/mol. The van der Waals surface area contributed by atoms with E-state index in [4.69, 9.17) is 4.74 Å². The van der Waals surface area contributed by atoms with E-state index in [0.717, 1.165) is 30.8 Å². The third-order valence-electron chi connectivity index (χ3n) is 3.39. The van der Waals surface area contributed by atoms with E-state index in [0.29, 0.717) is 18.4 Å². The highest BCUT2D eigenvalue weighted by atomic mass is 16.5. The Hall–Kier alpha value is -2.24. The second-order valence-electron chi connectivity index (χ2n) is 5.93. The average molecular weight is 334 g/mol. The van der Waals surface area contributed by atoms with Crippen LogP contribution < -0.4 is 20.7 Å². The molecule has 0 radical (unpaired) electrons. The molecule has 0 unspecified atom stereocenters. The fraction of sp³-hybridized carbons (Fsp3) is 0.556. The molecule has 0 aliphatic carbocycles. The van der Waals surface area contributed by atoms with Gasteiger partial charge in [0.2, 0.25) is 5.91 Å². The zero-order chi connectivity index (χ0) is 17.8. The van der Waals surface area contributed by atoms with Gasteiger partial charge in [-0.25, -0.2) is 4.99 Å². The second kappa shape index (κ2) is 11.3. The van der Waals surface area contributed by atoms with Gasteiger partial charge in [-0.1, -0.05) is 26.0 Å². The average Bonchev–Trinajstić information content (AvgIpc) is 2.58. The molecule has 0 bridgehead atoms. The summed E-state index contributed by atoms with van der Waals surface area (Å²) < 4.78 is 5.11. The number of nitrogens with one attached hydrogen (secondary N) is 3. The van der Waals surface area contributed by atoms with Gasteiger partial charge in [-0.05, 0) is 37.0 Å². The van der Waals surface area contributed by atoms with Gasteiger partial charge in [0.15, 0.2) is 5.96 Å². The van der Waals surface area contributed by atoms with Gasteiger partial charge in [0.05, 0.1) is 7.11 Å². The molecule has 0 fully saturated rings. The quantitative estimate of drug-likeness (QED) is 0.476. The van der Waals surface area contributed by atoms with Crippen molar-refractivity contribution in [3.05, 3.63) is 29.8 Å². The number of benzene rings is 1. The van der Waals surface area contributed by atoms with Crippen LogP contribution in [0.2, 0.25) is 0 Å². The first kappa shape index (κ1) is 19.8. The van der Waals surface area contributed by atoms with E-state index in [-0.39, 0.29) is 12.5 Å². The zero-order valence-electron chi connectivity index (χ0n) is 15.2. The minimum absolute atomic E-state index is 0.104. The number of methoxy groups -OCH3 is 1. The third kappa shape index (κ3) is 8.41. The Kier molecular flexibility index (Phi) is 9.34. The number of hydrogen-bond acceptors (Lipinski definition) is 3. The van der Waals surface area contributed by atoms with Crippen LogP contribution in [0, 0.1) is 5.92 Å². The first-order valence-electron chi connectivity index (χ1n) is 8.47. The largest absolute Gasteiger partial charge is 0.497 e. The summed E-state index contributed by atoms with van der Waals surface area (Å²) in [6.45, 7) is 8.56. The monoisotopic (exact) mass is 334 g/mol. The first-order chi connectivity index (χ1) is 11.5. The summed E-state index contributed by atoms with van der Waals surface area (Å²) in [4.78, 5) is 16.2. The Morgan fingerprint density at radius 1 is 1.17 bits per heavy atom. The van der Waals surface area contributed by atoms with Crippen LogP contribution in [0.1, 0.15) is 32.8 Å². The van der Waals surface area contributed by atoms with E-state index in [9.17, 15) is 4.79 Å². The molecule has 6 nitrogen and oxygen atoms in total. The second-order valence-corrected chi connectivity index (χ2v) is 5.93. The predicted molar refractivity (Wildman–Crippen MR) is 98.3 cm³/mol. The van der Waals surface area contributed by atoms with E-state index in [2.05, 4.69) is 34.8 Å². The molecule has 0 heterocycles. The molecule has 1 rings (SSSR count). The van der Waals surface area contributed by atoms with E-state index in [1.807, 2.05) is 31.2 Å². The normalized spacial score (nSPS) is 11.3. The first-order valence-corrected chi connectivity index (χ1v) is 8.47. The lowest BCUT2D eigenvalue weighted by atomic mass is 10.1. The van der Waals surface area contributed by atoms with Gasteiger partial charge >= 0.3 is 0 Å². The van der Waals surface area contributed by atoms with Crippen molar-refractivity contribution in [3.8, 4) is 5.75 Å². The number of carbonyl (C=O) groups is 1. The fourth-order valence-corrected chi connectivity index (χ4v) is 1.97. The molecule has 1 aromatic rings. The van der Waals surface area contributed by atoms with E-state index in [1.54, 1.807) is 7.11 Å². The number of amides is 1. The number of nitrogens with zero attached hydrogens (tertiary/aromatic N) is 1. The number of rotatable bonds is 9. The summed E-state index contributed by atoms with van der Waals surface area (Å²) in [5.41, 5.74) is 1.02. The Morgan fingerprint density at radius 3 is 2.46 bits per heavy atom. The molecule has 6 heteroatoms. The summed E-state index contributed by atoms with van der Waals surface area (Å²) in [5, 5.41) is 9.25. The van der Waals surface area contributed by atoms with Gasteiger partial charge in [-0.2, -0.15) is 0 Å². The molecule has 0 spiro atoms. The van der Waals surface area contributed by atoms with E-state index in [1.165, 1.54) is 0 Å². The summed E-state index contributed by atoms with van der Waals surface area (Å²) in [7, 11) is 1.63. The standard InChI is InChI=1S/C18H30N4O2/c1-5-19-18(20-11-10-14(2)3)22-13-17(23)21-12-15-6-8-16(24-4)9-7-15/h6-9,14H,5,10-13H2,1-4H3,(H,21,23)(H2,19,20,22). The van der Waals surface area contributed by atoms with Gasteiger partial charge in [-0.15, -0.1) is 0 Å². The highest BCUT2D eigenvalue weighted by Gasteiger charge is 2.03. The van der Waals surface area contributed by atoms with Gasteiger partial charge < -0.3 is 20.7 Å². The van der Waals surface area contributed by atoms with Crippen LogP contribution in [0.15, 0.2) is 29.3 Å². The molecule has 24 heavy (non-hydrogen) atoms. The number of hydrogen-bond donors (Lipinski definition) is 3. The van der Waals surface area contributed by atoms with Crippen LogP contribution in [0.25, 0.3) is 0 Å². The summed E-state index contributed by atoms with van der Waals surface area (Å²) in [5.74, 6) is 2.01. The molecule has 0 atom stereocenters. The van der Waals surface area contributed by atoms with Crippen molar-refractivity contribution < 1.29 is 9.53 Å².